The number of carbonyl (C=O) groups is 1. The van der Waals surface area contributed by atoms with Crippen molar-refractivity contribution in [3.63, 3.8) is 0 Å². The van der Waals surface area contributed by atoms with Gasteiger partial charge in [0.05, 0.1) is 22.6 Å². The van der Waals surface area contributed by atoms with E-state index in [2.05, 4.69) is 15.0 Å². The summed E-state index contributed by atoms with van der Waals surface area (Å²) < 4.78 is 65.6. The van der Waals surface area contributed by atoms with Crippen LogP contribution in [0.25, 0.3) is 27.3 Å². The van der Waals surface area contributed by atoms with Gasteiger partial charge < -0.3 is 14.3 Å². The van der Waals surface area contributed by atoms with Crippen molar-refractivity contribution in [2.75, 3.05) is 31.1 Å². The molecule has 15 heteroatoms. The quantitative estimate of drug-likeness (QED) is 0.231. The summed E-state index contributed by atoms with van der Waals surface area (Å²) >= 11 is 6.12. The first-order chi connectivity index (χ1) is 20.1. The Bertz CT molecular complexity index is 1920. The number of hydrogen-bond acceptors (Lipinski definition) is 8. The normalized spacial score (nSPS) is 17.1. The Kier molecular flexibility index (Phi) is 7.70. The number of amides is 1. The minimum absolute atomic E-state index is 0.0785. The maximum absolute atomic E-state index is 13.8. The zero-order chi connectivity index (χ0) is 29.8. The third-order valence-corrected chi connectivity index (χ3v) is 10.8. The predicted octanol–water partition coefficient (Wildman–Crippen LogP) is 5.23. The number of piperidine rings is 1. The van der Waals surface area contributed by atoms with E-state index in [1.54, 1.807) is 23.7 Å². The van der Waals surface area contributed by atoms with Crippen LogP contribution in [0.5, 0.6) is 0 Å². The van der Waals surface area contributed by atoms with E-state index in [9.17, 15) is 22.2 Å². The number of aromatic nitrogens is 2. The first-order valence-corrected chi connectivity index (χ1v) is 17.1. The van der Waals surface area contributed by atoms with Crippen molar-refractivity contribution >= 4 is 71.8 Å². The Labute approximate surface area is 252 Å². The molecule has 42 heavy (non-hydrogen) atoms. The number of nitrogens with one attached hydrogen (secondary N) is 2. The lowest BCUT2D eigenvalue weighted by atomic mass is 9.89. The van der Waals surface area contributed by atoms with Gasteiger partial charge in [-0.3, -0.25) is 9.20 Å². The second-order valence-electron chi connectivity index (χ2n) is 9.85. The molecule has 0 aliphatic carbocycles. The van der Waals surface area contributed by atoms with Crippen molar-refractivity contribution in [1.82, 2.24) is 19.0 Å². The van der Waals surface area contributed by atoms with Gasteiger partial charge in [0.25, 0.3) is 15.9 Å². The lowest BCUT2D eigenvalue weighted by molar-refractivity contribution is 0.0964. The largest absolute Gasteiger partial charge is 0.593 e. The number of thiazole rings is 1. The molecule has 0 unspecified atom stereocenters. The zero-order valence-electron chi connectivity index (χ0n) is 22.4. The molecule has 1 saturated heterocycles. The third kappa shape index (κ3) is 5.05. The van der Waals surface area contributed by atoms with Gasteiger partial charge in [0.1, 0.15) is 23.4 Å². The van der Waals surface area contributed by atoms with Crippen molar-refractivity contribution in [3.8, 4) is 11.3 Å². The average Bonchev–Trinajstić information content (AvgIpc) is 3.64. The van der Waals surface area contributed by atoms with Gasteiger partial charge >= 0.3 is 0 Å². The summed E-state index contributed by atoms with van der Waals surface area (Å²) in [7, 11) is -2.51. The topological polar surface area (TPSA) is 132 Å². The number of hydrogen-bond donors (Lipinski definition) is 2. The van der Waals surface area contributed by atoms with Crippen LogP contribution in [0.4, 0.5) is 10.1 Å². The highest BCUT2D eigenvalue weighted by Gasteiger charge is 2.36. The van der Waals surface area contributed by atoms with Crippen LogP contribution in [0.3, 0.4) is 0 Å². The zero-order valence-corrected chi connectivity index (χ0v) is 25.6. The number of carbonyl (C=O) groups excluding carboxylic acids is 1. The maximum atomic E-state index is 13.8. The summed E-state index contributed by atoms with van der Waals surface area (Å²) in [5, 5.41) is 4.71. The smallest absolute Gasteiger partial charge is 0.262 e. The molecule has 2 aromatic carbocycles. The molecule has 1 fully saturated rings. The standard InChI is InChI=1S/C27H25ClFN5O5S3/c1-30-25(35)22-19-12-18(20(32-41(2)36)13-21(19)39-23(22)15-5-7-17(29)8-6-15)16-4-3-9-33(14-16)42(37,38)26-24(28)31-27-34(26)10-11-40-27/h5-8,10-13,16,32H,3-4,9,14H2,1-2H3,(H,30,35)/t16-,41+/m1/s1. The molecule has 2 atom stereocenters. The number of anilines is 1. The van der Waals surface area contributed by atoms with E-state index in [0.717, 1.165) is 0 Å². The number of fused-ring (bicyclic) bond motifs is 2. The number of sulfonamides is 1. The Balaban J connectivity index is 1.46. The molecule has 4 heterocycles. The summed E-state index contributed by atoms with van der Waals surface area (Å²) in [6.07, 6.45) is 4.32. The number of halogens is 2. The molecule has 1 aliphatic rings. The van der Waals surface area contributed by atoms with Gasteiger partial charge in [-0.25, -0.2) is 22.5 Å². The second-order valence-corrected chi connectivity index (χ2v) is 14.0. The number of rotatable bonds is 7. The number of benzene rings is 2. The molecular weight excluding hydrogens is 625 g/mol. The SMILES string of the molecule is CNC(=O)c1c(-c2ccc(F)cc2)oc2cc(N[S@+](C)[O-])c([C@@H]3CCCN(S(=O)(=O)c4c(Cl)nc5sccn45)C3)cc12. The fourth-order valence-electron chi connectivity index (χ4n) is 5.40. The second kappa shape index (κ2) is 11.2. The van der Waals surface area contributed by atoms with Gasteiger partial charge in [-0.15, -0.1) is 11.3 Å². The van der Waals surface area contributed by atoms with Crippen LogP contribution in [0.2, 0.25) is 5.15 Å². The van der Waals surface area contributed by atoms with E-state index in [1.807, 2.05) is 0 Å². The molecule has 2 N–H and O–H groups in total. The highest BCUT2D eigenvalue weighted by Crippen LogP contribution is 2.41. The summed E-state index contributed by atoms with van der Waals surface area (Å²) in [4.78, 5) is 17.8. The predicted molar refractivity (Wildman–Crippen MR) is 162 cm³/mol. The lowest BCUT2D eigenvalue weighted by Gasteiger charge is -2.32. The van der Waals surface area contributed by atoms with Crippen molar-refractivity contribution in [3.05, 3.63) is 70.1 Å². The summed E-state index contributed by atoms with van der Waals surface area (Å²) in [5.41, 5.74) is 2.31. The minimum atomic E-state index is -4.01. The van der Waals surface area contributed by atoms with Gasteiger partial charge in [-0.05, 0) is 54.7 Å². The van der Waals surface area contributed by atoms with E-state index < -0.39 is 33.1 Å². The van der Waals surface area contributed by atoms with Crippen LogP contribution < -0.4 is 10.0 Å². The first kappa shape index (κ1) is 29.0. The molecule has 0 spiro atoms. The van der Waals surface area contributed by atoms with Gasteiger partial charge in [-0.1, -0.05) is 11.6 Å². The van der Waals surface area contributed by atoms with Crippen LogP contribution in [-0.2, 0) is 21.4 Å². The van der Waals surface area contributed by atoms with E-state index in [4.69, 9.17) is 16.0 Å². The molecule has 3 aromatic heterocycles. The monoisotopic (exact) mass is 649 g/mol. The van der Waals surface area contributed by atoms with Gasteiger partial charge in [-0.2, -0.15) is 4.31 Å². The van der Waals surface area contributed by atoms with E-state index >= 15 is 0 Å². The highest BCUT2D eigenvalue weighted by atomic mass is 35.5. The van der Waals surface area contributed by atoms with Crippen LogP contribution in [-0.4, -0.2) is 59.0 Å². The maximum Gasteiger partial charge on any atom is 0.262 e. The summed E-state index contributed by atoms with van der Waals surface area (Å²) in [6, 6.07) is 9.06. The fourth-order valence-corrected chi connectivity index (χ4v) is 8.82. The van der Waals surface area contributed by atoms with E-state index in [1.165, 1.54) is 57.6 Å². The molecule has 6 rings (SSSR count). The molecule has 5 aromatic rings. The molecule has 10 nitrogen and oxygen atoms in total. The Morgan fingerprint density at radius 3 is 2.76 bits per heavy atom. The average molecular weight is 650 g/mol. The van der Waals surface area contributed by atoms with Gasteiger partial charge in [0, 0.05) is 48.7 Å². The van der Waals surface area contributed by atoms with E-state index in [-0.39, 0.29) is 34.0 Å². The first-order valence-electron chi connectivity index (χ1n) is 12.9. The molecule has 0 radical (unpaired) electrons. The van der Waals surface area contributed by atoms with Crippen molar-refractivity contribution in [1.29, 1.82) is 0 Å². The fraction of sp³-hybridized carbons (Fsp3) is 0.259. The summed E-state index contributed by atoms with van der Waals surface area (Å²) in [5.74, 6) is -0.880. The van der Waals surface area contributed by atoms with Crippen LogP contribution >= 0.6 is 22.9 Å². The molecular formula is C27H25ClFN5O5S3. The van der Waals surface area contributed by atoms with Crippen molar-refractivity contribution in [2.24, 2.45) is 0 Å². The third-order valence-electron chi connectivity index (χ3n) is 7.26. The number of furan rings is 1. The number of nitrogens with zero attached hydrogens (tertiary/aromatic N) is 3. The lowest BCUT2D eigenvalue weighted by Crippen LogP contribution is -2.39. The van der Waals surface area contributed by atoms with E-state index in [0.29, 0.717) is 52.1 Å². The van der Waals surface area contributed by atoms with Gasteiger partial charge in [0.2, 0.25) is 0 Å². The number of imidazole rings is 1. The molecule has 220 valence electrons. The minimum Gasteiger partial charge on any atom is -0.593 e. The molecule has 1 aliphatic heterocycles. The molecule has 0 bridgehead atoms. The molecule has 0 saturated carbocycles. The highest BCUT2D eigenvalue weighted by molar-refractivity contribution is 7.92. The van der Waals surface area contributed by atoms with Crippen molar-refractivity contribution < 1.29 is 26.6 Å². The molecule has 1 amide bonds. The summed E-state index contributed by atoms with van der Waals surface area (Å²) in [6.45, 7) is 0.422. The Morgan fingerprint density at radius 2 is 2.05 bits per heavy atom. The van der Waals surface area contributed by atoms with Crippen LogP contribution in [0.1, 0.15) is 34.7 Å². The Morgan fingerprint density at radius 1 is 1.29 bits per heavy atom. The van der Waals surface area contributed by atoms with Crippen molar-refractivity contribution in [2.45, 2.75) is 23.8 Å². The van der Waals surface area contributed by atoms with Crippen LogP contribution in [0, 0.1) is 5.82 Å². The Hall–Kier alpha value is -3.14. The van der Waals surface area contributed by atoms with Gasteiger partial charge in [0.15, 0.2) is 15.1 Å². The van der Waals surface area contributed by atoms with Crippen LogP contribution in [0.15, 0.2) is 57.4 Å².